The van der Waals surface area contributed by atoms with Crippen molar-refractivity contribution in [3.8, 4) is 0 Å². The van der Waals surface area contributed by atoms with Crippen LogP contribution >= 0.6 is 0 Å². The fourth-order valence-corrected chi connectivity index (χ4v) is 15.3. The van der Waals surface area contributed by atoms with E-state index in [4.69, 9.17) is 0 Å². The minimum atomic E-state index is -1.73. The van der Waals surface area contributed by atoms with E-state index >= 15 is 0 Å². The SMILES string of the molecule is C(=C[AsH](c1ccccc1)c1ccccc1)[AsH](c1ccccc1)c1ccccc1. The van der Waals surface area contributed by atoms with Gasteiger partial charge in [0.15, 0.2) is 0 Å². The number of rotatable bonds is 6. The average Bonchev–Trinajstić information content (AvgIpc) is 2.79. The molecule has 4 aromatic rings. The van der Waals surface area contributed by atoms with Crippen LogP contribution in [-0.4, -0.2) is 29.3 Å². The monoisotopic (exact) mass is 486 g/mol. The molecular formula is C26H24As2. The molecule has 0 unspecified atom stereocenters. The van der Waals surface area contributed by atoms with Crippen LogP contribution in [0.25, 0.3) is 0 Å². The quantitative estimate of drug-likeness (QED) is 0.368. The predicted octanol–water partition coefficient (Wildman–Crippen LogP) is 2.70. The van der Waals surface area contributed by atoms with Crippen molar-refractivity contribution in [3.63, 3.8) is 0 Å². The van der Waals surface area contributed by atoms with Crippen LogP contribution in [0.15, 0.2) is 131 Å². The normalized spacial score (nSPS) is 11.4. The molecule has 0 atom stereocenters. The predicted molar refractivity (Wildman–Crippen MR) is 128 cm³/mol. The van der Waals surface area contributed by atoms with Crippen LogP contribution in [-0.2, 0) is 0 Å². The van der Waals surface area contributed by atoms with Gasteiger partial charge < -0.3 is 0 Å². The molecule has 0 aliphatic carbocycles. The molecule has 0 nitrogen and oxygen atoms in total. The molecule has 4 aromatic carbocycles. The van der Waals surface area contributed by atoms with E-state index in [2.05, 4.69) is 131 Å². The van der Waals surface area contributed by atoms with Crippen LogP contribution in [0, 0.1) is 0 Å². The number of hydrogen-bond donors (Lipinski definition) is 0. The molecule has 0 bridgehead atoms. The third-order valence-corrected chi connectivity index (χ3v) is 16.3. The van der Waals surface area contributed by atoms with Crippen LogP contribution in [0.4, 0.5) is 0 Å². The van der Waals surface area contributed by atoms with Gasteiger partial charge in [-0.2, -0.15) is 0 Å². The van der Waals surface area contributed by atoms with Crippen molar-refractivity contribution in [1.82, 2.24) is 0 Å². The molecule has 0 saturated carbocycles. The molecule has 2 heteroatoms. The summed E-state index contributed by atoms with van der Waals surface area (Å²) in [6, 6.07) is 44.2. The zero-order valence-electron chi connectivity index (χ0n) is 15.7. The van der Waals surface area contributed by atoms with Gasteiger partial charge in [0.25, 0.3) is 0 Å². The Balaban J connectivity index is 1.75. The standard InChI is InChI=1S/C26H24As2/c1-5-13-23(14-6-1)27(24-15-7-2-8-16-24)21-22-28(25-17-9-3-10-18-25)26-19-11-4-12-20-26/h1-22,27-28H. The van der Waals surface area contributed by atoms with Crippen LogP contribution in [0.2, 0.25) is 0 Å². The fraction of sp³-hybridized carbons (Fsp3) is 0. The van der Waals surface area contributed by atoms with Crippen molar-refractivity contribution >= 4 is 46.7 Å². The molecule has 0 aromatic heterocycles. The van der Waals surface area contributed by atoms with Gasteiger partial charge in [0.1, 0.15) is 0 Å². The molecule has 2 radical (unpaired) electrons. The Morgan fingerprint density at radius 1 is 0.321 bits per heavy atom. The molecule has 0 N–H and O–H groups in total. The molecule has 0 spiro atoms. The summed E-state index contributed by atoms with van der Waals surface area (Å²) in [5, 5.41) is 0. The fourth-order valence-electron chi connectivity index (χ4n) is 3.36. The molecule has 0 fully saturated rings. The second-order valence-corrected chi connectivity index (χ2v) is 16.3. The molecule has 138 valence electrons. The number of benzene rings is 4. The minimum absolute atomic E-state index is 1.50. The van der Waals surface area contributed by atoms with E-state index in [1.807, 2.05) is 0 Å². The summed E-state index contributed by atoms with van der Waals surface area (Å²) in [5.74, 6) is 0. The van der Waals surface area contributed by atoms with E-state index in [-0.39, 0.29) is 0 Å². The number of hydrogen-bond acceptors (Lipinski definition) is 0. The van der Waals surface area contributed by atoms with Gasteiger partial charge in [0, 0.05) is 0 Å². The first kappa shape index (κ1) is 19.1. The molecule has 0 aliphatic rings. The maximum absolute atomic E-state index is 2.60. The summed E-state index contributed by atoms with van der Waals surface area (Å²) in [6.07, 6.45) is 0. The zero-order chi connectivity index (χ0) is 19.0. The van der Waals surface area contributed by atoms with Crippen molar-refractivity contribution in [2.24, 2.45) is 0 Å². The Kier molecular flexibility index (Phi) is 6.67. The van der Waals surface area contributed by atoms with Gasteiger partial charge in [-0.3, -0.25) is 0 Å². The van der Waals surface area contributed by atoms with Gasteiger partial charge in [0.2, 0.25) is 0 Å². The average molecular weight is 486 g/mol. The van der Waals surface area contributed by atoms with Gasteiger partial charge in [0.05, 0.1) is 0 Å². The van der Waals surface area contributed by atoms with Crippen LogP contribution in [0.5, 0.6) is 0 Å². The van der Waals surface area contributed by atoms with Crippen LogP contribution in [0.1, 0.15) is 0 Å². The summed E-state index contributed by atoms with van der Waals surface area (Å²) >= 11 is -3.45. The van der Waals surface area contributed by atoms with E-state index in [0.717, 1.165) is 0 Å². The van der Waals surface area contributed by atoms with Crippen molar-refractivity contribution in [3.05, 3.63) is 131 Å². The Bertz CT molecular complexity index is 833. The first-order valence-corrected chi connectivity index (χ1v) is 16.2. The van der Waals surface area contributed by atoms with E-state index in [0.29, 0.717) is 0 Å². The molecule has 0 aliphatic heterocycles. The second-order valence-electron chi connectivity index (χ2n) is 6.62. The molecular weight excluding hydrogens is 462 g/mol. The third-order valence-electron chi connectivity index (χ3n) is 4.76. The van der Waals surface area contributed by atoms with Crippen LogP contribution < -0.4 is 17.4 Å². The first-order chi connectivity index (χ1) is 13.9. The van der Waals surface area contributed by atoms with E-state index < -0.39 is 29.3 Å². The summed E-state index contributed by atoms with van der Waals surface area (Å²) < 4.78 is 6.01. The molecule has 4 rings (SSSR count). The van der Waals surface area contributed by atoms with Gasteiger partial charge in [-0.25, -0.2) is 0 Å². The van der Waals surface area contributed by atoms with Gasteiger partial charge in [-0.15, -0.1) is 0 Å². The van der Waals surface area contributed by atoms with Crippen molar-refractivity contribution in [2.45, 2.75) is 0 Å². The molecule has 0 heterocycles. The topological polar surface area (TPSA) is 0 Å². The summed E-state index contributed by atoms with van der Waals surface area (Å²) in [5.41, 5.74) is 0. The summed E-state index contributed by atoms with van der Waals surface area (Å²) in [6.45, 7) is 0. The van der Waals surface area contributed by atoms with E-state index in [1.165, 1.54) is 17.4 Å². The van der Waals surface area contributed by atoms with Crippen LogP contribution in [0.3, 0.4) is 0 Å². The third kappa shape index (κ3) is 4.77. The first-order valence-electron chi connectivity index (χ1n) is 9.55. The van der Waals surface area contributed by atoms with Gasteiger partial charge in [-0.1, -0.05) is 0 Å². The van der Waals surface area contributed by atoms with Crippen molar-refractivity contribution in [2.75, 3.05) is 0 Å². The Morgan fingerprint density at radius 3 is 0.750 bits per heavy atom. The summed E-state index contributed by atoms with van der Waals surface area (Å²) in [7, 11) is 0. The van der Waals surface area contributed by atoms with Gasteiger partial charge in [-0.05, 0) is 0 Å². The Labute approximate surface area is 177 Å². The van der Waals surface area contributed by atoms with E-state index in [1.54, 1.807) is 0 Å². The Morgan fingerprint density at radius 2 is 0.536 bits per heavy atom. The second kappa shape index (κ2) is 9.79. The van der Waals surface area contributed by atoms with E-state index in [9.17, 15) is 0 Å². The van der Waals surface area contributed by atoms with Gasteiger partial charge >= 0.3 is 178 Å². The molecule has 0 amide bonds. The maximum atomic E-state index is 2.60. The van der Waals surface area contributed by atoms with Crippen molar-refractivity contribution < 1.29 is 0 Å². The summed E-state index contributed by atoms with van der Waals surface area (Å²) in [4.78, 5) is 5.19. The molecule has 0 saturated heterocycles. The van der Waals surface area contributed by atoms with Crippen molar-refractivity contribution in [1.29, 1.82) is 0 Å². The molecule has 28 heavy (non-hydrogen) atoms. The zero-order valence-corrected chi connectivity index (χ0v) is 19.9. The Hall–Kier alpha value is -2.26.